The Morgan fingerprint density at radius 1 is 1.44 bits per heavy atom. The molecule has 0 amide bonds. The van der Waals surface area contributed by atoms with Gasteiger partial charge in [0.15, 0.2) is 0 Å². The summed E-state index contributed by atoms with van der Waals surface area (Å²) in [5, 5.41) is 3.59. The van der Waals surface area contributed by atoms with Crippen molar-refractivity contribution >= 4 is 15.7 Å². The molecular formula is C10H10FN3O3S. The Labute approximate surface area is 103 Å². The smallest absolute Gasteiger partial charge is 0.238 e. The molecule has 2 rings (SSSR count). The monoisotopic (exact) mass is 271 g/mol. The topological polar surface area (TPSA) is 85.1 Å². The fourth-order valence-electron chi connectivity index (χ4n) is 1.33. The number of nitrogens with one attached hydrogen (secondary N) is 1. The van der Waals surface area contributed by atoms with Gasteiger partial charge in [-0.2, -0.15) is 4.39 Å². The second-order valence-corrected chi connectivity index (χ2v) is 5.38. The molecule has 0 spiro atoms. The summed E-state index contributed by atoms with van der Waals surface area (Å²) in [6, 6.07) is 3.88. The van der Waals surface area contributed by atoms with E-state index in [4.69, 9.17) is 4.52 Å². The molecule has 0 aliphatic rings. The van der Waals surface area contributed by atoms with Crippen LogP contribution in [-0.4, -0.2) is 18.6 Å². The summed E-state index contributed by atoms with van der Waals surface area (Å²) in [6.45, 7) is 1.67. The van der Waals surface area contributed by atoms with E-state index in [0.29, 0.717) is 11.5 Å². The Bertz CT molecular complexity index is 637. The van der Waals surface area contributed by atoms with Crippen LogP contribution in [0.15, 0.2) is 28.9 Å². The third kappa shape index (κ3) is 3.27. The molecule has 2 aromatic rings. The van der Waals surface area contributed by atoms with Crippen LogP contribution in [0.5, 0.6) is 0 Å². The minimum absolute atomic E-state index is 0.191. The van der Waals surface area contributed by atoms with Crippen LogP contribution in [0.25, 0.3) is 0 Å². The first-order valence-electron chi connectivity index (χ1n) is 4.99. The third-order valence-electron chi connectivity index (χ3n) is 2.02. The molecule has 0 saturated carbocycles. The first kappa shape index (κ1) is 12.5. The molecule has 0 unspecified atom stereocenters. The van der Waals surface area contributed by atoms with E-state index in [1.54, 1.807) is 6.92 Å². The summed E-state index contributed by atoms with van der Waals surface area (Å²) in [4.78, 5) is 3.35. The molecule has 0 atom stereocenters. The van der Waals surface area contributed by atoms with E-state index in [-0.39, 0.29) is 11.4 Å². The van der Waals surface area contributed by atoms with E-state index in [9.17, 15) is 12.8 Å². The van der Waals surface area contributed by atoms with Crippen LogP contribution in [0.2, 0.25) is 0 Å². The average molecular weight is 271 g/mol. The molecule has 6 nitrogen and oxygen atoms in total. The van der Waals surface area contributed by atoms with Crippen LogP contribution in [0, 0.1) is 12.9 Å². The Hall–Kier alpha value is -1.96. The van der Waals surface area contributed by atoms with Crippen molar-refractivity contribution in [1.82, 2.24) is 10.1 Å². The van der Waals surface area contributed by atoms with Crippen LogP contribution in [-0.2, 0) is 15.8 Å². The van der Waals surface area contributed by atoms with Crippen molar-refractivity contribution in [3.05, 3.63) is 41.8 Å². The first-order valence-corrected chi connectivity index (χ1v) is 6.64. The third-order valence-corrected chi connectivity index (χ3v) is 3.24. The number of rotatable bonds is 4. The fourth-order valence-corrected chi connectivity index (χ4v) is 2.41. The molecule has 0 bridgehead atoms. The maximum Gasteiger partial charge on any atom is 0.238 e. The van der Waals surface area contributed by atoms with Gasteiger partial charge in [-0.25, -0.2) is 13.4 Å². The minimum Gasteiger partial charge on any atom is -0.361 e. The van der Waals surface area contributed by atoms with Crippen molar-refractivity contribution < 1.29 is 17.3 Å². The highest BCUT2D eigenvalue weighted by Gasteiger charge is 2.14. The first-order chi connectivity index (χ1) is 8.44. The van der Waals surface area contributed by atoms with Crippen LogP contribution in [0.1, 0.15) is 11.5 Å². The Balaban J connectivity index is 2.10. The lowest BCUT2D eigenvalue weighted by Crippen LogP contribution is -2.15. The summed E-state index contributed by atoms with van der Waals surface area (Å²) in [7, 11) is -3.62. The maximum atomic E-state index is 12.6. The molecule has 1 N–H and O–H groups in total. The number of hydrogen-bond donors (Lipinski definition) is 1. The van der Waals surface area contributed by atoms with Gasteiger partial charge in [0.1, 0.15) is 17.2 Å². The highest BCUT2D eigenvalue weighted by molar-refractivity contribution is 7.91. The molecule has 2 aromatic heterocycles. The lowest BCUT2D eigenvalue weighted by atomic mass is 10.4. The van der Waals surface area contributed by atoms with Gasteiger partial charge in [0.2, 0.25) is 16.0 Å². The molecule has 0 aromatic carbocycles. The van der Waals surface area contributed by atoms with E-state index in [1.165, 1.54) is 12.1 Å². The average Bonchev–Trinajstić information content (AvgIpc) is 2.66. The second-order valence-electron chi connectivity index (χ2n) is 3.66. The lowest BCUT2D eigenvalue weighted by molar-refractivity contribution is 0.392. The van der Waals surface area contributed by atoms with Crippen LogP contribution >= 0.6 is 0 Å². The van der Waals surface area contributed by atoms with Gasteiger partial charge in [-0.1, -0.05) is 5.16 Å². The van der Waals surface area contributed by atoms with Crippen molar-refractivity contribution in [2.45, 2.75) is 12.7 Å². The number of aryl methyl sites for hydroxylation is 1. The van der Waals surface area contributed by atoms with E-state index in [1.807, 2.05) is 0 Å². The summed E-state index contributed by atoms with van der Waals surface area (Å²) in [5.41, 5.74) is 0.492. The van der Waals surface area contributed by atoms with Crippen molar-refractivity contribution in [2.24, 2.45) is 0 Å². The predicted octanol–water partition coefficient (Wildman–Crippen LogP) is 1.46. The van der Waals surface area contributed by atoms with Crippen molar-refractivity contribution in [3.8, 4) is 0 Å². The molecule has 2 heterocycles. The zero-order valence-electron chi connectivity index (χ0n) is 9.42. The molecule has 0 fully saturated rings. The van der Waals surface area contributed by atoms with E-state index < -0.39 is 16.0 Å². The zero-order valence-corrected chi connectivity index (χ0v) is 10.2. The molecule has 96 valence electrons. The molecule has 0 radical (unpaired) electrons. The molecule has 8 heteroatoms. The van der Waals surface area contributed by atoms with Gasteiger partial charge < -0.3 is 4.52 Å². The maximum absolute atomic E-state index is 12.6. The van der Waals surface area contributed by atoms with Gasteiger partial charge in [0, 0.05) is 6.07 Å². The number of sulfonamides is 1. The van der Waals surface area contributed by atoms with Gasteiger partial charge in [0.05, 0.1) is 11.9 Å². The Morgan fingerprint density at radius 3 is 2.78 bits per heavy atom. The highest BCUT2D eigenvalue weighted by Crippen LogP contribution is 2.12. The van der Waals surface area contributed by atoms with Crippen molar-refractivity contribution in [3.63, 3.8) is 0 Å². The molecule has 0 aliphatic carbocycles. The predicted molar refractivity (Wildman–Crippen MR) is 61.7 cm³/mol. The highest BCUT2D eigenvalue weighted by atomic mass is 32.2. The Morgan fingerprint density at radius 2 is 2.22 bits per heavy atom. The van der Waals surface area contributed by atoms with Gasteiger partial charge >= 0.3 is 0 Å². The van der Waals surface area contributed by atoms with Crippen LogP contribution in [0.4, 0.5) is 10.1 Å². The lowest BCUT2D eigenvalue weighted by Gasteiger charge is -2.05. The van der Waals surface area contributed by atoms with E-state index in [0.717, 1.165) is 12.3 Å². The van der Waals surface area contributed by atoms with Crippen LogP contribution in [0.3, 0.4) is 0 Å². The quantitative estimate of drug-likeness (QED) is 0.851. The minimum atomic E-state index is -3.62. The van der Waals surface area contributed by atoms with Gasteiger partial charge in [-0.15, -0.1) is 0 Å². The van der Waals surface area contributed by atoms with Gasteiger partial charge in [-0.05, 0) is 19.1 Å². The number of pyridine rings is 1. The fraction of sp³-hybridized carbons (Fsp3) is 0.200. The number of anilines is 1. The number of halogens is 1. The van der Waals surface area contributed by atoms with Crippen molar-refractivity contribution in [2.75, 3.05) is 4.72 Å². The summed E-state index contributed by atoms with van der Waals surface area (Å²) < 4.78 is 43.1. The van der Waals surface area contributed by atoms with E-state index >= 15 is 0 Å². The zero-order chi connectivity index (χ0) is 13.2. The molecule has 0 saturated heterocycles. The summed E-state index contributed by atoms with van der Waals surface area (Å²) >= 11 is 0. The molecular weight excluding hydrogens is 261 g/mol. The second kappa shape index (κ2) is 4.73. The van der Waals surface area contributed by atoms with Crippen molar-refractivity contribution in [1.29, 1.82) is 0 Å². The van der Waals surface area contributed by atoms with Gasteiger partial charge in [0.25, 0.3) is 0 Å². The summed E-state index contributed by atoms with van der Waals surface area (Å²) in [5.74, 6) is -0.462. The van der Waals surface area contributed by atoms with Gasteiger partial charge in [-0.3, -0.25) is 4.72 Å². The number of aromatic nitrogens is 2. The SMILES string of the molecule is Cc1cc(CS(=O)(=O)Nc2ccc(F)nc2)no1. The van der Waals surface area contributed by atoms with Crippen LogP contribution < -0.4 is 4.72 Å². The normalized spacial score (nSPS) is 11.4. The Kier molecular flexibility index (Phi) is 3.28. The largest absolute Gasteiger partial charge is 0.361 e. The molecule has 18 heavy (non-hydrogen) atoms. The molecule has 0 aliphatic heterocycles. The standard InChI is InChI=1S/C10H10FN3O3S/c1-7-4-9(13-17-7)6-18(15,16)14-8-2-3-10(11)12-5-8/h2-5,14H,6H2,1H3. The number of hydrogen-bond acceptors (Lipinski definition) is 5. The number of nitrogens with zero attached hydrogens (tertiary/aromatic N) is 2. The summed E-state index contributed by atoms with van der Waals surface area (Å²) in [6.07, 6.45) is 1.10. The van der Waals surface area contributed by atoms with E-state index in [2.05, 4.69) is 14.9 Å².